The van der Waals surface area contributed by atoms with Crippen LogP contribution in [0.15, 0.2) is 36.4 Å². The number of rotatable bonds is 0. The third-order valence-electron chi connectivity index (χ3n) is 2.76. The number of para-hydroxylation sites is 1. The first kappa shape index (κ1) is 8.06. The van der Waals surface area contributed by atoms with Gasteiger partial charge < -0.3 is 9.47 Å². The van der Waals surface area contributed by atoms with Crippen molar-refractivity contribution in [2.45, 2.75) is 25.2 Å². The number of allylic oxidation sites excluding steroid dienone is 1. The average Bonchev–Trinajstić information content (AvgIpc) is 2.66. The summed E-state index contributed by atoms with van der Waals surface area (Å²) < 4.78 is 11.6. The van der Waals surface area contributed by atoms with Crippen molar-refractivity contribution in [1.29, 1.82) is 0 Å². The molecule has 0 fully saturated rings. The lowest BCUT2D eigenvalue weighted by atomic mass is 10.1. The molecule has 0 saturated heterocycles. The fourth-order valence-corrected chi connectivity index (χ4v) is 1.97. The lowest BCUT2D eigenvalue weighted by Crippen LogP contribution is -2.38. The van der Waals surface area contributed by atoms with E-state index in [1.807, 2.05) is 30.3 Å². The monoisotopic (exact) mass is 188 g/mol. The molecule has 1 aromatic rings. The van der Waals surface area contributed by atoms with Crippen LogP contribution in [0.2, 0.25) is 0 Å². The van der Waals surface area contributed by atoms with E-state index in [0.717, 1.165) is 24.2 Å². The largest absolute Gasteiger partial charge is 0.458 e. The van der Waals surface area contributed by atoms with Crippen molar-refractivity contribution in [1.82, 2.24) is 0 Å². The summed E-state index contributed by atoms with van der Waals surface area (Å²) in [5.74, 6) is 0.499. The lowest BCUT2D eigenvalue weighted by molar-refractivity contribution is -0.170. The second kappa shape index (κ2) is 2.85. The number of hydrogen-bond donors (Lipinski definition) is 0. The molecule has 2 aliphatic rings. The molecule has 3 rings (SSSR count). The van der Waals surface area contributed by atoms with Crippen molar-refractivity contribution in [3.05, 3.63) is 42.0 Å². The van der Waals surface area contributed by atoms with Crippen LogP contribution >= 0.6 is 0 Å². The maximum absolute atomic E-state index is 5.87. The van der Waals surface area contributed by atoms with Crippen LogP contribution in [0.25, 0.3) is 0 Å². The summed E-state index contributed by atoms with van der Waals surface area (Å²) in [6.07, 6.45) is 6.13. The van der Waals surface area contributed by atoms with E-state index < -0.39 is 5.79 Å². The highest BCUT2D eigenvalue weighted by atomic mass is 16.7. The molecule has 1 spiro atoms. The molecule has 14 heavy (non-hydrogen) atoms. The third kappa shape index (κ3) is 1.15. The minimum absolute atomic E-state index is 0.464. The van der Waals surface area contributed by atoms with Crippen LogP contribution in [0.3, 0.4) is 0 Å². The second-order valence-corrected chi connectivity index (χ2v) is 3.75. The summed E-state index contributed by atoms with van der Waals surface area (Å²) in [6, 6.07) is 8.05. The van der Waals surface area contributed by atoms with Crippen molar-refractivity contribution in [2.24, 2.45) is 0 Å². The first-order chi connectivity index (χ1) is 6.88. The summed E-state index contributed by atoms with van der Waals surface area (Å²) in [5, 5.41) is 0. The Morgan fingerprint density at radius 1 is 1.21 bits per heavy atom. The number of ether oxygens (including phenoxy) is 2. The first-order valence-electron chi connectivity index (χ1n) is 4.97. The SMILES string of the molecule is C1=CC2(CC1)OCc1ccccc1O2. The van der Waals surface area contributed by atoms with E-state index in [9.17, 15) is 0 Å². The minimum Gasteiger partial charge on any atom is -0.458 e. The van der Waals surface area contributed by atoms with E-state index in [4.69, 9.17) is 9.47 Å². The number of fused-ring (bicyclic) bond motifs is 1. The quantitative estimate of drug-likeness (QED) is 0.583. The molecular weight excluding hydrogens is 176 g/mol. The van der Waals surface area contributed by atoms with Crippen LogP contribution in [0, 0.1) is 0 Å². The standard InChI is InChI=1S/C12H12O2/c1-2-6-11-10(5-1)9-13-12(14-11)7-3-4-8-12/h1-3,5-7H,4,8-9H2. The van der Waals surface area contributed by atoms with Gasteiger partial charge in [-0.2, -0.15) is 0 Å². The molecular formula is C12H12O2. The molecule has 0 saturated carbocycles. The summed E-state index contributed by atoms with van der Waals surface area (Å²) in [7, 11) is 0. The smallest absolute Gasteiger partial charge is 0.230 e. The average molecular weight is 188 g/mol. The van der Waals surface area contributed by atoms with Crippen molar-refractivity contribution in [3.63, 3.8) is 0 Å². The molecule has 0 amide bonds. The molecule has 2 nitrogen and oxygen atoms in total. The van der Waals surface area contributed by atoms with Crippen molar-refractivity contribution in [2.75, 3.05) is 0 Å². The topological polar surface area (TPSA) is 18.5 Å². The summed E-state index contributed by atoms with van der Waals surface area (Å²) >= 11 is 0. The summed E-state index contributed by atoms with van der Waals surface area (Å²) in [6.45, 7) is 0.653. The molecule has 0 bridgehead atoms. The number of hydrogen-bond acceptors (Lipinski definition) is 2. The summed E-state index contributed by atoms with van der Waals surface area (Å²) in [5.41, 5.74) is 1.14. The normalized spacial score (nSPS) is 28.9. The van der Waals surface area contributed by atoms with Crippen molar-refractivity contribution in [3.8, 4) is 5.75 Å². The minimum atomic E-state index is -0.464. The van der Waals surface area contributed by atoms with Crippen LogP contribution in [0.4, 0.5) is 0 Å². The predicted molar refractivity (Wildman–Crippen MR) is 53.0 cm³/mol. The van der Waals surface area contributed by atoms with E-state index in [1.165, 1.54) is 0 Å². The zero-order valence-corrected chi connectivity index (χ0v) is 7.90. The van der Waals surface area contributed by atoms with Gasteiger partial charge in [0, 0.05) is 12.0 Å². The highest BCUT2D eigenvalue weighted by molar-refractivity contribution is 5.35. The zero-order chi connectivity index (χ0) is 9.43. The zero-order valence-electron chi connectivity index (χ0n) is 7.90. The van der Waals surface area contributed by atoms with E-state index in [0.29, 0.717) is 6.61 Å². The maximum atomic E-state index is 5.87. The molecule has 1 unspecified atom stereocenters. The fourth-order valence-electron chi connectivity index (χ4n) is 1.97. The predicted octanol–water partition coefficient (Wildman–Crippen LogP) is 2.64. The Morgan fingerprint density at radius 2 is 2.14 bits per heavy atom. The van der Waals surface area contributed by atoms with Crippen LogP contribution in [0.5, 0.6) is 5.75 Å². The van der Waals surface area contributed by atoms with Crippen molar-refractivity contribution < 1.29 is 9.47 Å². The van der Waals surface area contributed by atoms with Gasteiger partial charge in [-0.05, 0) is 18.6 Å². The lowest BCUT2D eigenvalue weighted by Gasteiger charge is -2.34. The van der Waals surface area contributed by atoms with Gasteiger partial charge in [-0.25, -0.2) is 0 Å². The van der Waals surface area contributed by atoms with Crippen LogP contribution in [-0.4, -0.2) is 5.79 Å². The fraction of sp³-hybridized carbons (Fsp3) is 0.333. The molecule has 1 aromatic carbocycles. The Morgan fingerprint density at radius 3 is 3.00 bits per heavy atom. The molecule has 1 aliphatic heterocycles. The third-order valence-corrected chi connectivity index (χ3v) is 2.76. The molecule has 72 valence electrons. The molecule has 1 aliphatic carbocycles. The van der Waals surface area contributed by atoms with Gasteiger partial charge >= 0.3 is 0 Å². The second-order valence-electron chi connectivity index (χ2n) is 3.75. The Bertz CT molecular complexity index is 384. The first-order valence-corrected chi connectivity index (χ1v) is 4.97. The molecule has 0 aromatic heterocycles. The van der Waals surface area contributed by atoms with Gasteiger partial charge in [-0.1, -0.05) is 24.3 Å². The highest BCUT2D eigenvalue weighted by Crippen LogP contribution is 2.37. The van der Waals surface area contributed by atoms with Crippen molar-refractivity contribution >= 4 is 0 Å². The Labute approximate surface area is 83.1 Å². The van der Waals surface area contributed by atoms with Crippen LogP contribution in [0.1, 0.15) is 18.4 Å². The van der Waals surface area contributed by atoms with Gasteiger partial charge in [0.15, 0.2) is 0 Å². The van der Waals surface area contributed by atoms with E-state index >= 15 is 0 Å². The molecule has 1 heterocycles. The van der Waals surface area contributed by atoms with Crippen LogP contribution < -0.4 is 4.74 Å². The van der Waals surface area contributed by atoms with Gasteiger partial charge in [-0.3, -0.25) is 0 Å². The molecule has 2 heteroatoms. The van der Waals surface area contributed by atoms with Gasteiger partial charge in [-0.15, -0.1) is 0 Å². The molecule has 0 N–H and O–H groups in total. The van der Waals surface area contributed by atoms with Gasteiger partial charge in [0.1, 0.15) is 5.75 Å². The van der Waals surface area contributed by atoms with Gasteiger partial charge in [0.2, 0.25) is 5.79 Å². The van der Waals surface area contributed by atoms with Gasteiger partial charge in [0.05, 0.1) is 6.61 Å². The Balaban J connectivity index is 1.97. The molecule has 1 atom stereocenters. The number of benzene rings is 1. The Kier molecular flexibility index (Phi) is 1.64. The van der Waals surface area contributed by atoms with Gasteiger partial charge in [0.25, 0.3) is 0 Å². The molecule has 0 radical (unpaired) electrons. The van der Waals surface area contributed by atoms with E-state index in [2.05, 4.69) is 6.08 Å². The van der Waals surface area contributed by atoms with E-state index in [-0.39, 0.29) is 0 Å². The van der Waals surface area contributed by atoms with Crippen LogP contribution in [-0.2, 0) is 11.3 Å². The van der Waals surface area contributed by atoms with E-state index in [1.54, 1.807) is 0 Å². The highest BCUT2D eigenvalue weighted by Gasteiger charge is 2.36. The summed E-state index contributed by atoms with van der Waals surface area (Å²) in [4.78, 5) is 0. The maximum Gasteiger partial charge on any atom is 0.230 e. The Hall–Kier alpha value is -1.28.